The van der Waals surface area contributed by atoms with E-state index in [2.05, 4.69) is 5.32 Å². The minimum atomic E-state index is -3.28. The summed E-state index contributed by atoms with van der Waals surface area (Å²) in [7, 11) is -3.28. The summed E-state index contributed by atoms with van der Waals surface area (Å²) in [4.78, 5) is 22.0. The Morgan fingerprint density at radius 1 is 1.20 bits per heavy atom. The predicted molar refractivity (Wildman–Crippen MR) is 96.1 cm³/mol. The molecule has 0 bridgehead atoms. The van der Waals surface area contributed by atoms with E-state index in [4.69, 9.17) is 14.2 Å². The average Bonchev–Trinajstić information content (AvgIpc) is 2.45. The van der Waals surface area contributed by atoms with Crippen molar-refractivity contribution in [3.8, 4) is 5.75 Å². The number of amides is 1. The quantitative estimate of drug-likeness (QED) is 0.666. The molecule has 0 spiro atoms. The van der Waals surface area contributed by atoms with Gasteiger partial charge in [-0.15, -0.1) is 0 Å². The molecule has 8 heteroatoms. The van der Waals surface area contributed by atoms with Gasteiger partial charge in [0.25, 0.3) is 0 Å². The van der Waals surface area contributed by atoms with Gasteiger partial charge in [0.1, 0.15) is 5.75 Å². The van der Waals surface area contributed by atoms with Crippen molar-refractivity contribution in [2.24, 2.45) is 5.41 Å². The predicted octanol–water partition coefficient (Wildman–Crippen LogP) is 4.14. The van der Waals surface area contributed by atoms with Crippen LogP contribution in [0.15, 0.2) is 24.3 Å². The molecule has 0 fully saturated rings. The van der Waals surface area contributed by atoms with E-state index in [1.165, 1.54) is 6.66 Å². The molecule has 0 saturated carbocycles. The summed E-state index contributed by atoms with van der Waals surface area (Å²) < 4.78 is 23.5. The molecule has 140 valence electrons. The number of carbonyl (C=O) groups excluding carboxylic acids is 1. The fourth-order valence-electron chi connectivity index (χ4n) is 1.70. The molecule has 2 atom stereocenters. The van der Waals surface area contributed by atoms with Gasteiger partial charge in [0, 0.05) is 18.8 Å². The third-order valence-electron chi connectivity index (χ3n) is 3.54. The van der Waals surface area contributed by atoms with E-state index < -0.39 is 13.6 Å². The standard InChI is InChI=1S/C17H26NO6P/c1-12(17(2,3)4)23-25(5,22)24-14-8-6-13(7-9-14)18-15(19)10-11-16(20)21/h6-9,12H,10-11H2,1-5H3,(H,18,19)(H,20,21)/t12-,25-/m1/s1. The average molecular weight is 371 g/mol. The van der Waals surface area contributed by atoms with Crippen molar-refractivity contribution >= 4 is 25.2 Å². The second-order valence-electron chi connectivity index (χ2n) is 6.94. The van der Waals surface area contributed by atoms with Crippen LogP contribution in [-0.4, -0.2) is 29.8 Å². The molecule has 1 aromatic rings. The summed E-state index contributed by atoms with van der Waals surface area (Å²) in [5.41, 5.74) is 0.330. The van der Waals surface area contributed by atoms with Crippen LogP contribution >= 0.6 is 7.60 Å². The van der Waals surface area contributed by atoms with Crippen LogP contribution in [0, 0.1) is 5.41 Å². The van der Waals surface area contributed by atoms with Gasteiger partial charge in [-0.1, -0.05) is 20.8 Å². The smallest absolute Gasteiger partial charge is 0.376 e. The molecule has 0 saturated heterocycles. The monoisotopic (exact) mass is 371 g/mol. The molecule has 0 aliphatic rings. The third-order valence-corrected chi connectivity index (χ3v) is 4.79. The van der Waals surface area contributed by atoms with E-state index in [-0.39, 0.29) is 30.3 Å². The van der Waals surface area contributed by atoms with Gasteiger partial charge in [-0.2, -0.15) is 0 Å². The zero-order valence-electron chi connectivity index (χ0n) is 15.2. The summed E-state index contributed by atoms with van der Waals surface area (Å²) in [5, 5.41) is 11.1. The first-order chi connectivity index (χ1) is 11.4. The maximum Gasteiger partial charge on any atom is 0.376 e. The fourth-order valence-corrected chi connectivity index (χ4v) is 3.14. The largest absolute Gasteiger partial charge is 0.481 e. The summed E-state index contributed by atoms with van der Waals surface area (Å²) in [5.74, 6) is -1.06. The topological polar surface area (TPSA) is 102 Å². The maximum absolute atomic E-state index is 12.5. The number of anilines is 1. The molecule has 1 amide bonds. The van der Waals surface area contributed by atoms with Crippen LogP contribution in [0.5, 0.6) is 5.75 Å². The van der Waals surface area contributed by atoms with Crippen LogP contribution in [0.3, 0.4) is 0 Å². The molecule has 0 unspecified atom stereocenters. The highest BCUT2D eigenvalue weighted by molar-refractivity contribution is 7.53. The number of carbonyl (C=O) groups is 2. The van der Waals surface area contributed by atoms with Crippen molar-refractivity contribution in [3.05, 3.63) is 24.3 Å². The summed E-state index contributed by atoms with van der Waals surface area (Å²) in [6.45, 7) is 9.21. The van der Waals surface area contributed by atoms with Gasteiger partial charge in [0.15, 0.2) is 0 Å². The number of benzene rings is 1. The first-order valence-electron chi connectivity index (χ1n) is 7.96. The van der Waals surface area contributed by atoms with Gasteiger partial charge in [-0.25, -0.2) is 4.57 Å². The van der Waals surface area contributed by atoms with Crippen molar-refractivity contribution in [3.63, 3.8) is 0 Å². The van der Waals surface area contributed by atoms with E-state index in [9.17, 15) is 14.2 Å². The first-order valence-corrected chi connectivity index (χ1v) is 9.95. The zero-order valence-corrected chi connectivity index (χ0v) is 16.1. The van der Waals surface area contributed by atoms with Crippen LogP contribution in [0.25, 0.3) is 0 Å². The van der Waals surface area contributed by atoms with E-state index in [1.807, 2.05) is 27.7 Å². The third kappa shape index (κ3) is 8.18. The normalized spacial score (nSPS) is 15.1. The lowest BCUT2D eigenvalue weighted by atomic mass is 9.91. The second kappa shape index (κ2) is 8.50. The minimum Gasteiger partial charge on any atom is -0.481 e. The highest BCUT2D eigenvalue weighted by Gasteiger charge is 2.29. The number of hydrogen-bond acceptors (Lipinski definition) is 5. The lowest BCUT2D eigenvalue weighted by Crippen LogP contribution is -2.25. The van der Waals surface area contributed by atoms with E-state index in [0.717, 1.165) is 0 Å². The summed E-state index contributed by atoms with van der Waals surface area (Å²) >= 11 is 0. The fraction of sp³-hybridized carbons (Fsp3) is 0.529. The van der Waals surface area contributed by atoms with E-state index in [0.29, 0.717) is 11.4 Å². The Bertz CT molecular complexity index is 650. The molecule has 2 N–H and O–H groups in total. The van der Waals surface area contributed by atoms with Gasteiger partial charge in [-0.3, -0.25) is 14.1 Å². The number of hydrogen-bond donors (Lipinski definition) is 2. The number of carboxylic acids is 1. The highest BCUT2D eigenvalue weighted by atomic mass is 31.2. The Labute approximate surface area is 148 Å². The Kier molecular flexibility index (Phi) is 7.20. The van der Waals surface area contributed by atoms with Crippen LogP contribution in [0.1, 0.15) is 40.5 Å². The van der Waals surface area contributed by atoms with Crippen LogP contribution in [-0.2, 0) is 18.7 Å². The zero-order chi connectivity index (χ0) is 19.3. The lowest BCUT2D eigenvalue weighted by Gasteiger charge is -2.29. The highest BCUT2D eigenvalue weighted by Crippen LogP contribution is 2.47. The van der Waals surface area contributed by atoms with Crippen molar-refractivity contribution in [2.45, 2.75) is 46.6 Å². The van der Waals surface area contributed by atoms with Gasteiger partial charge in [-0.05, 0) is 36.6 Å². The first kappa shape index (κ1) is 21.2. The summed E-state index contributed by atoms with van der Waals surface area (Å²) in [6, 6.07) is 6.30. The van der Waals surface area contributed by atoms with Gasteiger partial charge in [0.05, 0.1) is 12.5 Å². The van der Waals surface area contributed by atoms with Crippen LogP contribution in [0.2, 0.25) is 0 Å². The molecule has 0 heterocycles. The number of rotatable bonds is 8. The van der Waals surface area contributed by atoms with Crippen molar-refractivity contribution < 1.29 is 28.3 Å². The Balaban J connectivity index is 2.63. The van der Waals surface area contributed by atoms with Crippen molar-refractivity contribution in [2.75, 3.05) is 12.0 Å². The van der Waals surface area contributed by atoms with Crippen molar-refractivity contribution in [1.82, 2.24) is 0 Å². The van der Waals surface area contributed by atoms with Gasteiger partial charge in [0.2, 0.25) is 5.91 Å². The molecule has 1 rings (SSSR count). The number of aliphatic carboxylic acids is 1. The number of nitrogens with one attached hydrogen (secondary N) is 1. The Hall–Kier alpha value is -1.85. The maximum atomic E-state index is 12.5. The SMILES string of the molecule is C[C@@H](O[P@@](C)(=O)Oc1ccc(NC(=O)CCC(=O)O)cc1)C(C)(C)C. The number of carboxylic acid groups (broad SMARTS) is 1. The van der Waals surface area contributed by atoms with Gasteiger partial charge < -0.3 is 14.9 Å². The molecule has 0 aliphatic heterocycles. The molecule has 0 aromatic heterocycles. The molecule has 0 aliphatic carbocycles. The van der Waals surface area contributed by atoms with E-state index >= 15 is 0 Å². The molecular weight excluding hydrogens is 345 g/mol. The Morgan fingerprint density at radius 3 is 2.24 bits per heavy atom. The van der Waals surface area contributed by atoms with E-state index in [1.54, 1.807) is 24.3 Å². The minimum absolute atomic E-state index is 0.101. The lowest BCUT2D eigenvalue weighted by molar-refractivity contribution is -0.138. The van der Waals surface area contributed by atoms with Crippen LogP contribution in [0.4, 0.5) is 5.69 Å². The molecule has 7 nitrogen and oxygen atoms in total. The van der Waals surface area contributed by atoms with Crippen molar-refractivity contribution in [1.29, 1.82) is 0 Å². The molecule has 0 radical (unpaired) electrons. The van der Waals surface area contributed by atoms with Crippen LogP contribution < -0.4 is 9.84 Å². The Morgan fingerprint density at radius 2 is 1.76 bits per heavy atom. The molecule has 25 heavy (non-hydrogen) atoms. The molecule has 1 aromatic carbocycles. The summed E-state index contributed by atoms with van der Waals surface area (Å²) in [6.07, 6.45) is -0.581. The second-order valence-corrected chi connectivity index (χ2v) is 8.88. The van der Waals surface area contributed by atoms with Gasteiger partial charge >= 0.3 is 13.6 Å². The molecular formula is C17H26NO6P.